The Morgan fingerprint density at radius 1 is 1.16 bits per heavy atom. The topological polar surface area (TPSA) is 29.1 Å². The lowest BCUT2D eigenvalue weighted by Crippen LogP contribution is -2.34. The Hall–Kier alpha value is -0.240. The summed E-state index contributed by atoms with van der Waals surface area (Å²) in [6.45, 7) is 4.95. The first kappa shape index (κ1) is 16.8. The molecule has 0 radical (unpaired) electrons. The van der Waals surface area contributed by atoms with E-state index in [1.165, 1.54) is 38.5 Å². The van der Waals surface area contributed by atoms with Gasteiger partial charge in [0.1, 0.15) is 0 Å². The van der Waals surface area contributed by atoms with E-state index in [1.807, 2.05) is 0 Å². The molecule has 1 aliphatic rings. The van der Waals surface area contributed by atoms with Crippen molar-refractivity contribution < 1.29 is 4.79 Å². The molecule has 2 nitrogen and oxygen atoms in total. The molecule has 19 heavy (non-hydrogen) atoms. The highest BCUT2D eigenvalue weighted by Crippen LogP contribution is 2.25. The molecule has 1 unspecified atom stereocenters. The lowest BCUT2D eigenvalue weighted by Gasteiger charge is -2.20. The highest BCUT2D eigenvalue weighted by atomic mass is 35.5. The fourth-order valence-electron chi connectivity index (χ4n) is 3.08. The predicted molar refractivity (Wildman–Crippen MR) is 82.5 cm³/mol. The van der Waals surface area contributed by atoms with Crippen LogP contribution < -0.4 is 5.32 Å². The summed E-state index contributed by atoms with van der Waals surface area (Å²) in [5.41, 5.74) is 0. The number of hydrogen-bond acceptors (Lipinski definition) is 1. The molecule has 0 aliphatic heterocycles. The Kier molecular flexibility index (Phi) is 8.52. The molecule has 0 aromatic rings. The van der Waals surface area contributed by atoms with Crippen molar-refractivity contribution in [2.75, 3.05) is 6.54 Å². The summed E-state index contributed by atoms with van der Waals surface area (Å²) >= 11 is 6.35. The molecule has 3 heteroatoms. The number of carbonyl (C=O) groups excluding carboxylic acids is 1. The third-order valence-electron chi connectivity index (χ3n) is 4.50. The monoisotopic (exact) mass is 287 g/mol. The zero-order valence-corrected chi connectivity index (χ0v) is 13.3. The van der Waals surface area contributed by atoms with Crippen molar-refractivity contribution in [3.8, 4) is 0 Å². The van der Waals surface area contributed by atoms with Gasteiger partial charge in [-0.3, -0.25) is 4.79 Å². The Morgan fingerprint density at radius 3 is 2.26 bits per heavy atom. The van der Waals surface area contributed by atoms with Gasteiger partial charge in [-0.15, -0.1) is 11.6 Å². The fraction of sp³-hybridized carbons (Fsp3) is 0.938. The van der Waals surface area contributed by atoms with Crippen molar-refractivity contribution >= 4 is 17.5 Å². The van der Waals surface area contributed by atoms with Crippen molar-refractivity contribution in [3.05, 3.63) is 0 Å². The molecular formula is C16H30ClNO. The second-order valence-electron chi connectivity index (χ2n) is 5.96. The van der Waals surface area contributed by atoms with Gasteiger partial charge < -0.3 is 5.32 Å². The third kappa shape index (κ3) is 6.65. The van der Waals surface area contributed by atoms with Crippen molar-refractivity contribution in [2.24, 2.45) is 11.8 Å². The van der Waals surface area contributed by atoms with E-state index in [0.29, 0.717) is 24.8 Å². The Bertz CT molecular complexity index is 245. The first-order valence-electron chi connectivity index (χ1n) is 8.08. The molecular weight excluding hydrogens is 258 g/mol. The highest BCUT2D eigenvalue weighted by molar-refractivity contribution is 6.21. The SMILES string of the molecule is CCC(CC)C(Cl)CNC(=O)CC1CCCCCC1. The maximum Gasteiger partial charge on any atom is 0.220 e. The molecule has 0 aromatic heterocycles. The molecule has 1 atom stereocenters. The minimum absolute atomic E-state index is 0.0769. The van der Waals surface area contributed by atoms with E-state index in [9.17, 15) is 4.79 Å². The lowest BCUT2D eigenvalue weighted by atomic mass is 9.96. The summed E-state index contributed by atoms with van der Waals surface area (Å²) in [5.74, 6) is 1.31. The van der Waals surface area contributed by atoms with Crippen molar-refractivity contribution in [2.45, 2.75) is 77.0 Å². The van der Waals surface area contributed by atoms with Gasteiger partial charge in [0.25, 0.3) is 0 Å². The molecule has 1 N–H and O–H groups in total. The number of rotatable bonds is 7. The van der Waals surface area contributed by atoms with Crippen LogP contribution in [0.2, 0.25) is 0 Å². The van der Waals surface area contributed by atoms with Crippen LogP contribution in [0.3, 0.4) is 0 Å². The molecule has 0 bridgehead atoms. The average Bonchev–Trinajstić information content (AvgIpc) is 2.66. The maximum atomic E-state index is 12.0. The van der Waals surface area contributed by atoms with Crippen molar-refractivity contribution in [1.82, 2.24) is 5.32 Å². The number of amides is 1. The van der Waals surface area contributed by atoms with Crippen LogP contribution in [0.15, 0.2) is 0 Å². The van der Waals surface area contributed by atoms with Crippen molar-refractivity contribution in [3.63, 3.8) is 0 Å². The van der Waals surface area contributed by atoms with Crippen LogP contribution in [-0.2, 0) is 4.79 Å². The Labute approximate surface area is 123 Å². The van der Waals surface area contributed by atoms with E-state index in [1.54, 1.807) is 0 Å². The Balaban J connectivity index is 2.22. The second-order valence-corrected chi connectivity index (χ2v) is 6.52. The van der Waals surface area contributed by atoms with Gasteiger partial charge >= 0.3 is 0 Å². The molecule has 1 aliphatic carbocycles. The van der Waals surface area contributed by atoms with E-state index in [-0.39, 0.29) is 11.3 Å². The summed E-state index contributed by atoms with van der Waals surface area (Å²) in [6, 6.07) is 0. The van der Waals surface area contributed by atoms with E-state index in [0.717, 1.165) is 12.8 Å². The molecule has 1 saturated carbocycles. The van der Waals surface area contributed by atoms with Gasteiger partial charge in [-0.1, -0.05) is 52.4 Å². The molecule has 1 rings (SSSR count). The molecule has 112 valence electrons. The number of halogens is 1. The smallest absolute Gasteiger partial charge is 0.220 e. The van der Waals surface area contributed by atoms with Crippen LogP contribution in [0, 0.1) is 11.8 Å². The van der Waals surface area contributed by atoms with Crippen LogP contribution in [0.1, 0.15) is 71.6 Å². The largest absolute Gasteiger partial charge is 0.355 e. The van der Waals surface area contributed by atoms with Gasteiger partial charge in [0.15, 0.2) is 0 Å². The van der Waals surface area contributed by atoms with Crippen LogP contribution in [0.4, 0.5) is 0 Å². The number of carbonyl (C=O) groups is 1. The Morgan fingerprint density at radius 2 is 1.74 bits per heavy atom. The van der Waals surface area contributed by atoms with Crippen LogP contribution >= 0.6 is 11.6 Å². The third-order valence-corrected chi connectivity index (χ3v) is 5.01. The molecule has 1 fully saturated rings. The zero-order chi connectivity index (χ0) is 14.1. The predicted octanol–water partition coefficient (Wildman–Crippen LogP) is 4.51. The zero-order valence-electron chi connectivity index (χ0n) is 12.6. The average molecular weight is 288 g/mol. The lowest BCUT2D eigenvalue weighted by molar-refractivity contribution is -0.122. The van der Waals surface area contributed by atoms with E-state index in [4.69, 9.17) is 11.6 Å². The minimum Gasteiger partial charge on any atom is -0.355 e. The summed E-state index contributed by atoms with van der Waals surface area (Å²) in [6.07, 6.45) is 10.6. The molecule has 0 aromatic carbocycles. The maximum absolute atomic E-state index is 12.0. The highest BCUT2D eigenvalue weighted by Gasteiger charge is 2.19. The van der Waals surface area contributed by atoms with Crippen molar-refractivity contribution in [1.29, 1.82) is 0 Å². The van der Waals surface area contributed by atoms with Gasteiger partial charge in [0.2, 0.25) is 5.91 Å². The molecule has 0 saturated heterocycles. The molecule has 0 heterocycles. The quantitative estimate of drug-likeness (QED) is 0.542. The van der Waals surface area contributed by atoms with E-state index >= 15 is 0 Å². The minimum atomic E-state index is 0.0769. The standard InChI is InChI=1S/C16H30ClNO/c1-3-14(4-2)15(17)12-18-16(19)11-13-9-7-5-6-8-10-13/h13-15H,3-12H2,1-2H3,(H,18,19). The first-order valence-corrected chi connectivity index (χ1v) is 8.51. The van der Waals surface area contributed by atoms with Gasteiger partial charge in [-0.05, 0) is 24.7 Å². The normalized spacial score (nSPS) is 19.2. The van der Waals surface area contributed by atoms with Gasteiger partial charge in [0, 0.05) is 13.0 Å². The van der Waals surface area contributed by atoms with Gasteiger partial charge in [-0.2, -0.15) is 0 Å². The number of hydrogen-bond donors (Lipinski definition) is 1. The first-order chi connectivity index (χ1) is 9.17. The number of nitrogens with one attached hydrogen (secondary N) is 1. The van der Waals surface area contributed by atoms with Gasteiger partial charge in [-0.25, -0.2) is 0 Å². The van der Waals surface area contributed by atoms with Gasteiger partial charge in [0.05, 0.1) is 5.38 Å². The summed E-state index contributed by atoms with van der Waals surface area (Å²) in [5, 5.41) is 3.11. The van der Waals surface area contributed by atoms with Crippen LogP contribution in [0.25, 0.3) is 0 Å². The summed E-state index contributed by atoms with van der Waals surface area (Å²) in [7, 11) is 0. The molecule has 0 spiro atoms. The fourth-order valence-corrected chi connectivity index (χ4v) is 3.51. The summed E-state index contributed by atoms with van der Waals surface area (Å²) < 4.78 is 0. The van der Waals surface area contributed by atoms with E-state index < -0.39 is 0 Å². The second kappa shape index (κ2) is 9.63. The number of alkyl halides is 1. The summed E-state index contributed by atoms with van der Waals surface area (Å²) in [4.78, 5) is 12.0. The van der Waals surface area contributed by atoms with E-state index in [2.05, 4.69) is 19.2 Å². The molecule has 1 amide bonds. The van der Waals surface area contributed by atoms with Crippen LogP contribution in [-0.4, -0.2) is 17.8 Å². The van der Waals surface area contributed by atoms with Crippen LogP contribution in [0.5, 0.6) is 0 Å².